The molecule has 3 aromatic carbocycles. The Hall–Kier alpha value is -3.58. The zero-order chi connectivity index (χ0) is 25.6. The summed E-state index contributed by atoms with van der Waals surface area (Å²) >= 11 is 3.23. The van der Waals surface area contributed by atoms with E-state index in [0.717, 1.165) is 16.6 Å². The van der Waals surface area contributed by atoms with Crippen LogP contribution in [0.4, 0.5) is 24.5 Å². The number of hydrogen-bond donors (Lipinski definition) is 2. The molecule has 0 fully saturated rings. The van der Waals surface area contributed by atoms with Gasteiger partial charge in [-0.15, -0.1) is 13.2 Å². The molecule has 0 unspecified atom stereocenters. The third kappa shape index (κ3) is 8.00. The Labute approximate surface area is 206 Å². The number of hydrogen-bond acceptors (Lipinski definition) is 6. The molecule has 1 amide bonds. The molecule has 3 rings (SSSR count). The van der Waals surface area contributed by atoms with E-state index in [-0.39, 0.29) is 21.8 Å². The Balaban J connectivity index is 1.51. The fourth-order valence-electron chi connectivity index (χ4n) is 2.65. The van der Waals surface area contributed by atoms with Crippen LogP contribution >= 0.6 is 15.9 Å². The summed E-state index contributed by atoms with van der Waals surface area (Å²) in [5, 5.41) is 2.36. The number of ether oxygens (including phenoxy) is 2. The number of benzene rings is 3. The van der Waals surface area contributed by atoms with E-state index in [4.69, 9.17) is 4.74 Å². The highest BCUT2D eigenvalue weighted by Gasteiger charge is 2.31. The Morgan fingerprint density at radius 1 is 0.857 bits per heavy atom. The third-order valence-corrected chi connectivity index (χ3v) is 6.13. The van der Waals surface area contributed by atoms with Crippen LogP contribution in [-0.4, -0.2) is 33.3 Å². The highest BCUT2D eigenvalue weighted by molar-refractivity contribution is 9.10. The summed E-state index contributed by atoms with van der Waals surface area (Å²) in [7, 11) is -3.83. The van der Waals surface area contributed by atoms with Gasteiger partial charge in [-0.3, -0.25) is 9.52 Å². The molecule has 8 nitrogen and oxygen atoms in total. The quantitative estimate of drug-likeness (QED) is 0.370. The Kier molecular flexibility index (Phi) is 8.02. The van der Waals surface area contributed by atoms with Crippen molar-refractivity contribution in [2.24, 2.45) is 0 Å². The van der Waals surface area contributed by atoms with E-state index in [1.54, 1.807) is 12.1 Å². The van der Waals surface area contributed by atoms with Crippen LogP contribution in [0, 0.1) is 0 Å². The van der Waals surface area contributed by atoms with Gasteiger partial charge < -0.3 is 14.8 Å². The van der Waals surface area contributed by atoms with Gasteiger partial charge in [0, 0.05) is 15.8 Å². The minimum atomic E-state index is -4.83. The maximum atomic E-state index is 12.4. The first-order chi connectivity index (χ1) is 16.4. The number of halogens is 4. The second-order valence-corrected chi connectivity index (χ2v) is 9.43. The number of alkyl halides is 3. The van der Waals surface area contributed by atoms with Crippen LogP contribution in [0.5, 0.6) is 5.75 Å². The summed E-state index contributed by atoms with van der Waals surface area (Å²) < 4.78 is 73.1. The molecular formula is C22H16BrF3N2O6S. The average molecular weight is 573 g/mol. The predicted octanol–water partition coefficient (Wildman–Crippen LogP) is 4.94. The first kappa shape index (κ1) is 26.0. The Morgan fingerprint density at radius 3 is 2.00 bits per heavy atom. The fraction of sp³-hybridized carbons (Fsp3) is 0.0909. The summed E-state index contributed by atoms with van der Waals surface area (Å²) in [4.78, 5) is 24.2. The van der Waals surface area contributed by atoms with E-state index in [9.17, 15) is 31.2 Å². The second kappa shape index (κ2) is 10.8. The van der Waals surface area contributed by atoms with Crippen molar-refractivity contribution in [3.8, 4) is 5.75 Å². The minimum Gasteiger partial charge on any atom is -0.452 e. The van der Waals surface area contributed by atoms with Crippen molar-refractivity contribution in [3.05, 3.63) is 82.8 Å². The lowest BCUT2D eigenvalue weighted by molar-refractivity contribution is -0.274. The predicted molar refractivity (Wildman–Crippen MR) is 123 cm³/mol. The van der Waals surface area contributed by atoms with Crippen LogP contribution in [-0.2, 0) is 19.6 Å². The van der Waals surface area contributed by atoms with Crippen LogP contribution in [0.3, 0.4) is 0 Å². The molecule has 0 spiro atoms. The van der Waals surface area contributed by atoms with E-state index in [1.165, 1.54) is 48.5 Å². The van der Waals surface area contributed by atoms with Crippen molar-refractivity contribution in [1.82, 2.24) is 0 Å². The van der Waals surface area contributed by atoms with Gasteiger partial charge in [0.05, 0.1) is 10.5 Å². The standard InChI is InChI=1S/C22H16BrF3N2O6S/c23-15-3-11-19(12-4-15)35(31,32)28-17-5-1-14(2-6-17)21(30)33-13-20(29)27-16-7-9-18(10-8-16)34-22(24,25)26/h1-12,28H,13H2,(H,27,29). The Morgan fingerprint density at radius 2 is 1.43 bits per heavy atom. The Bertz CT molecular complexity index is 1300. The molecule has 0 heterocycles. The van der Waals surface area contributed by atoms with Crippen LogP contribution in [0.2, 0.25) is 0 Å². The van der Waals surface area contributed by atoms with Crippen LogP contribution in [0.1, 0.15) is 10.4 Å². The van der Waals surface area contributed by atoms with Gasteiger partial charge in [0.1, 0.15) is 5.75 Å². The van der Waals surface area contributed by atoms with Crippen molar-refractivity contribution in [2.45, 2.75) is 11.3 Å². The van der Waals surface area contributed by atoms with Gasteiger partial charge in [0.2, 0.25) is 0 Å². The highest BCUT2D eigenvalue weighted by Crippen LogP contribution is 2.24. The number of carbonyl (C=O) groups excluding carboxylic acids is 2. The molecule has 35 heavy (non-hydrogen) atoms. The lowest BCUT2D eigenvalue weighted by atomic mass is 10.2. The molecule has 0 aliphatic heterocycles. The molecule has 2 N–H and O–H groups in total. The van der Waals surface area contributed by atoms with E-state index >= 15 is 0 Å². The first-order valence-electron chi connectivity index (χ1n) is 9.62. The fourth-order valence-corrected chi connectivity index (χ4v) is 3.98. The molecular weight excluding hydrogens is 557 g/mol. The molecule has 3 aromatic rings. The van der Waals surface area contributed by atoms with Crippen molar-refractivity contribution < 1.29 is 40.7 Å². The maximum Gasteiger partial charge on any atom is 0.573 e. The smallest absolute Gasteiger partial charge is 0.452 e. The van der Waals surface area contributed by atoms with Crippen molar-refractivity contribution in [2.75, 3.05) is 16.6 Å². The molecule has 0 saturated carbocycles. The second-order valence-electron chi connectivity index (χ2n) is 6.83. The number of amides is 1. The summed E-state index contributed by atoms with van der Waals surface area (Å²) in [5.41, 5.74) is 0.446. The number of esters is 1. The van der Waals surface area contributed by atoms with Gasteiger partial charge in [-0.25, -0.2) is 13.2 Å². The van der Waals surface area contributed by atoms with E-state index in [1.807, 2.05) is 0 Å². The minimum absolute atomic E-state index is 0.0534. The molecule has 184 valence electrons. The molecule has 0 atom stereocenters. The van der Waals surface area contributed by atoms with Gasteiger partial charge in [-0.05, 0) is 72.8 Å². The summed E-state index contributed by atoms with van der Waals surface area (Å²) in [5.74, 6) is -2.01. The number of anilines is 2. The topological polar surface area (TPSA) is 111 Å². The number of carbonyl (C=O) groups is 2. The summed E-state index contributed by atoms with van der Waals surface area (Å²) in [6.07, 6.45) is -4.83. The van der Waals surface area contributed by atoms with Crippen LogP contribution < -0.4 is 14.8 Å². The number of rotatable bonds is 8. The lowest BCUT2D eigenvalue weighted by Crippen LogP contribution is -2.21. The molecule has 0 aromatic heterocycles. The summed E-state index contributed by atoms with van der Waals surface area (Å²) in [6, 6.07) is 15.8. The highest BCUT2D eigenvalue weighted by atomic mass is 79.9. The zero-order valence-corrected chi connectivity index (χ0v) is 19.9. The van der Waals surface area contributed by atoms with Gasteiger partial charge in [-0.1, -0.05) is 15.9 Å². The molecule has 0 saturated heterocycles. The van der Waals surface area contributed by atoms with Gasteiger partial charge in [0.15, 0.2) is 6.61 Å². The van der Waals surface area contributed by atoms with Gasteiger partial charge in [0.25, 0.3) is 15.9 Å². The lowest BCUT2D eigenvalue weighted by Gasteiger charge is -2.10. The van der Waals surface area contributed by atoms with Crippen molar-refractivity contribution in [3.63, 3.8) is 0 Å². The largest absolute Gasteiger partial charge is 0.573 e. The van der Waals surface area contributed by atoms with E-state index in [2.05, 4.69) is 30.7 Å². The maximum absolute atomic E-state index is 12.4. The van der Waals surface area contributed by atoms with Gasteiger partial charge in [-0.2, -0.15) is 0 Å². The monoisotopic (exact) mass is 572 g/mol. The van der Waals surface area contributed by atoms with Gasteiger partial charge >= 0.3 is 12.3 Å². The molecule has 0 aliphatic rings. The van der Waals surface area contributed by atoms with Crippen molar-refractivity contribution >= 4 is 49.2 Å². The van der Waals surface area contributed by atoms with Crippen LogP contribution in [0.15, 0.2) is 82.2 Å². The third-order valence-electron chi connectivity index (χ3n) is 4.20. The van der Waals surface area contributed by atoms with E-state index < -0.39 is 40.6 Å². The average Bonchev–Trinajstić information content (AvgIpc) is 2.78. The SMILES string of the molecule is O=C(COC(=O)c1ccc(NS(=O)(=O)c2ccc(Br)cc2)cc1)Nc1ccc(OC(F)(F)F)cc1. The number of sulfonamides is 1. The normalized spacial score (nSPS) is 11.4. The molecule has 0 aliphatic carbocycles. The zero-order valence-electron chi connectivity index (χ0n) is 17.5. The molecule has 0 bridgehead atoms. The number of nitrogens with one attached hydrogen (secondary N) is 2. The van der Waals surface area contributed by atoms with Crippen molar-refractivity contribution in [1.29, 1.82) is 0 Å². The molecule has 0 radical (unpaired) electrons. The summed E-state index contributed by atoms with van der Waals surface area (Å²) in [6.45, 7) is -0.655. The van der Waals surface area contributed by atoms with E-state index in [0.29, 0.717) is 0 Å². The first-order valence-corrected chi connectivity index (χ1v) is 11.9. The molecule has 13 heteroatoms. The van der Waals surface area contributed by atoms with Crippen LogP contribution in [0.25, 0.3) is 0 Å².